The molecule has 0 bridgehead atoms. The topological polar surface area (TPSA) is 27.8 Å². The number of fused-ring (bicyclic) bond motifs is 1. The number of aromatic amines is 1. The van der Waals surface area contributed by atoms with E-state index in [1.165, 1.54) is 32.5 Å². The molecular weight excluding hydrogens is 336 g/mol. The lowest BCUT2D eigenvalue weighted by Crippen LogP contribution is -2.32. The molecule has 4 rings (SSSR count). The van der Waals surface area contributed by atoms with E-state index in [9.17, 15) is 0 Å². The van der Waals surface area contributed by atoms with E-state index in [0.29, 0.717) is 6.04 Å². The summed E-state index contributed by atoms with van der Waals surface area (Å²) in [5, 5.41) is 4.92. The van der Waals surface area contributed by atoms with E-state index in [1.54, 1.807) is 11.8 Å². The largest absolute Gasteiger partial charge is 0.360 e. The van der Waals surface area contributed by atoms with Crippen molar-refractivity contribution in [2.75, 3.05) is 12.8 Å². The molecule has 1 aliphatic heterocycles. The third-order valence-electron chi connectivity index (χ3n) is 5.02. The van der Waals surface area contributed by atoms with Crippen LogP contribution in [0.5, 0.6) is 0 Å². The van der Waals surface area contributed by atoms with Crippen LogP contribution in [0.3, 0.4) is 0 Å². The number of benzene rings is 2. The number of hydrogen-bond donors (Lipinski definition) is 2. The first-order valence-electron chi connectivity index (χ1n) is 9.13. The fourth-order valence-corrected chi connectivity index (χ4v) is 4.23. The first-order chi connectivity index (χ1) is 12.8. The highest BCUT2D eigenvalue weighted by molar-refractivity contribution is 7.98. The van der Waals surface area contributed by atoms with Gasteiger partial charge in [-0.15, -0.1) is 11.8 Å². The van der Waals surface area contributed by atoms with E-state index < -0.39 is 0 Å². The molecule has 3 aromatic rings. The van der Waals surface area contributed by atoms with Crippen LogP contribution < -0.4 is 5.32 Å². The molecular formula is C23H24N2S. The number of hydrogen-bond acceptors (Lipinski definition) is 2. The molecule has 0 saturated carbocycles. The van der Waals surface area contributed by atoms with Crippen molar-refractivity contribution < 1.29 is 0 Å². The second-order valence-electron chi connectivity index (χ2n) is 6.67. The fraction of sp³-hybridized carbons (Fsp3) is 0.217. The van der Waals surface area contributed by atoms with Crippen LogP contribution in [0.2, 0.25) is 0 Å². The van der Waals surface area contributed by atoms with Crippen LogP contribution in [0.15, 0.2) is 71.8 Å². The molecule has 2 nitrogen and oxygen atoms in total. The monoisotopic (exact) mass is 360 g/mol. The zero-order valence-electron chi connectivity index (χ0n) is 15.0. The highest BCUT2D eigenvalue weighted by Gasteiger charge is 2.14. The lowest BCUT2D eigenvalue weighted by atomic mass is 9.93. The molecule has 0 radical (unpaired) electrons. The zero-order valence-corrected chi connectivity index (χ0v) is 15.9. The van der Waals surface area contributed by atoms with Crippen molar-refractivity contribution in [2.45, 2.75) is 23.8 Å². The Morgan fingerprint density at radius 2 is 2.00 bits per heavy atom. The Kier molecular flexibility index (Phi) is 5.28. The summed E-state index contributed by atoms with van der Waals surface area (Å²) in [5.41, 5.74) is 5.34. The van der Waals surface area contributed by atoms with E-state index in [2.05, 4.69) is 83.3 Å². The maximum Gasteiger partial charge on any atom is 0.0598 e. The molecule has 2 heterocycles. The smallest absolute Gasteiger partial charge is 0.0598 e. The van der Waals surface area contributed by atoms with Gasteiger partial charge in [-0.3, -0.25) is 0 Å². The standard InChI is InChI=1S/C23H24N2S/c1-26-22-11-10-18(21-13-15-25-23(21)22)8-5-9-20-16-19(12-14-24-20)17-6-3-2-4-7-17/h2-8,10-13,15,20,24-25H,9,14,16H2,1H3. The summed E-state index contributed by atoms with van der Waals surface area (Å²) < 4.78 is 0. The minimum atomic E-state index is 0.499. The molecule has 0 saturated heterocycles. The molecule has 0 amide bonds. The molecule has 0 aliphatic carbocycles. The molecule has 0 spiro atoms. The summed E-state index contributed by atoms with van der Waals surface area (Å²) in [5.74, 6) is 0. The van der Waals surface area contributed by atoms with Gasteiger partial charge in [0.25, 0.3) is 0 Å². The second kappa shape index (κ2) is 7.98. The van der Waals surface area contributed by atoms with Crippen molar-refractivity contribution in [3.8, 4) is 0 Å². The van der Waals surface area contributed by atoms with Gasteiger partial charge >= 0.3 is 0 Å². The summed E-state index contributed by atoms with van der Waals surface area (Å²) >= 11 is 1.78. The number of H-pyrrole nitrogens is 1. The van der Waals surface area contributed by atoms with Gasteiger partial charge in [-0.1, -0.05) is 54.6 Å². The van der Waals surface area contributed by atoms with Crippen molar-refractivity contribution >= 4 is 34.3 Å². The predicted molar refractivity (Wildman–Crippen MR) is 115 cm³/mol. The quantitative estimate of drug-likeness (QED) is 0.568. The summed E-state index contributed by atoms with van der Waals surface area (Å²) in [7, 11) is 0. The van der Waals surface area contributed by atoms with E-state index in [0.717, 1.165) is 19.4 Å². The lowest BCUT2D eigenvalue weighted by Gasteiger charge is -2.23. The molecule has 2 N–H and O–H groups in total. The number of nitrogens with one attached hydrogen (secondary N) is 2. The summed E-state index contributed by atoms with van der Waals surface area (Å²) in [4.78, 5) is 4.67. The van der Waals surface area contributed by atoms with Crippen molar-refractivity contribution in [1.82, 2.24) is 10.3 Å². The average molecular weight is 361 g/mol. The second-order valence-corrected chi connectivity index (χ2v) is 7.51. The molecule has 1 aromatic heterocycles. The van der Waals surface area contributed by atoms with Crippen LogP contribution in [0, 0.1) is 0 Å². The van der Waals surface area contributed by atoms with Gasteiger partial charge in [-0.2, -0.15) is 0 Å². The van der Waals surface area contributed by atoms with Crippen LogP contribution in [-0.2, 0) is 0 Å². The van der Waals surface area contributed by atoms with Crippen LogP contribution in [0.1, 0.15) is 24.0 Å². The minimum Gasteiger partial charge on any atom is -0.360 e. The van der Waals surface area contributed by atoms with Crippen molar-refractivity contribution in [3.05, 3.63) is 78.0 Å². The van der Waals surface area contributed by atoms with Gasteiger partial charge < -0.3 is 10.3 Å². The Morgan fingerprint density at radius 1 is 1.12 bits per heavy atom. The summed E-state index contributed by atoms with van der Waals surface area (Å²) in [6, 6.07) is 17.8. The molecule has 2 aromatic carbocycles. The summed E-state index contributed by atoms with van der Waals surface area (Å²) in [6.45, 7) is 0.952. The fourth-order valence-electron chi connectivity index (χ4n) is 3.65. The third kappa shape index (κ3) is 3.64. The molecule has 26 heavy (non-hydrogen) atoms. The van der Waals surface area contributed by atoms with Gasteiger partial charge in [0.05, 0.1) is 5.52 Å². The van der Waals surface area contributed by atoms with Crippen molar-refractivity contribution in [2.24, 2.45) is 0 Å². The van der Waals surface area contributed by atoms with Crippen LogP contribution in [0.25, 0.3) is 22.6 Å². The number of rotatable bonds is 5. The molecule has 0 fully saturated rings. The normalized spacial score (nSPS) is 17.7. The van der Waals surface area contributed by atoms with E-state index in [1.807, 2.05) is 6.20 Å². The van der Waals surface area contributed by atoms with E-state index in [4.69, 9.17) is 0 Å². The molecule has 3 heteroatoms. The lowest BCUT2D eigenvalue weighted by molar-refractivity contribution is 0.542. The Morgan fingerprint density at radius 3 is 2.85 bits per heavy atom. The molecule has 1 atom stereocenters. The number of aromatic nitrogens is 1. The minimum absolute atomic E-state index is 0.499. The van der Waals surface area contributed by atoms with Gasteiger partial charge in [-0.05, 0) is 47.9 Å². The molecule has 1 unspecified atom stereocenters. The van der Waals surface area contributed by atoms with Gasteiger partial charge in [0.15, 0.2) is 0 Å². The molecule has 132 valence electrons. The van der Waals surface area contributed by atoms with Crippen LogP contribution in [-0.4, -0.2) is 23.8 Å². The Labute approximate surface area is 159 Å². The summed E-state index contributed by atoms with van der Waals surface area (Å²) in [6.07, 6.45) is 13.2. The van der Waals surface area contributed by atoms with Gasteiger partial charge in [0, 0.05) is 29.1 Å². The van der Waals surface area contributed by atoms with Gasteiger partial charge in [-0.25, -0.2) is 0 Å². The SMILES string of the molecule is CSc1ccc(C=CCC2CC(c3ccccc3)=CCN2)c2cc[nH]c12. The van der Waals surface area contributed by atoms with Crippen LogP contribution in [0.4, 0.5) is 0 Å². The average Bonchev–Trinajstić information content (AvgIpc) is 3.19. The van der Waals surface area contributed by atoms with Gasteiger partial charge in [0.1, 0.15) is 0 Å². The predicted octanol–water partition coefficient (Wildman–Crippen LogP) is 5.74. The highest BCUT2D eigenvalue weighted by Crippen LogP contribution is 2.29. The Hall–Kier alpha value is -2.23. The van der Waals surface area contributed by atoms with Gasteiger partial charge in [0.2, 0.25) is 0 Å². The Balaban J connectivity index is 1.45. The van der Waals surface area contributed by atoms with Crippen LogP contribution >= 0.6 is 11.8 Å². The highest BCUT2D eigenvalue weighted by atomic mass is 32.2. The maximum absolute atomic E-state index is 3.62. The first-order valence-corrected chi connectivity index (χ1v) is 10.4. The first kappa shape index (κ1) is 17.2. The van der Waals surface area contributed by atoms with Crippen molar-refractivity contribution in [1.29, 1.82) is 0 Å². The maximum atomic E-state index is 3.62. The Bertz CT molecular complexity index is 937. The van der Waals surface area contributed by atoms with E-state index in [-0.39, 0.29) is 0 Å². The molecule has 1 aliphatic rings. The van der Waals surface area contributed by atoms with E-state index >= 15 is 0 Å². The zero-order chi connectivity index (χ0) is 17.8. The van der Waals surface area contributed by atoms with Crippen molar-refractivity contribution in [3.63, 3.8) is 0 Å². The third-order valence-corrected chi connectivity index (χ3v) is 5.80. The number of thioether (sulfide) groups is 1.